The molecule has 7 nitrogen and oxygen atoms in total. The Hall–Kier alpha value is -3.97. The highest BCUT2D eigenvalue weighted by Crippen LogP contribution is 2.30. The van der Waals surface area contributed by atoms with Crippen molar-refractivity contribution in [2.75, 3.05) is 18.0 Å². The highest BCUT2D eigenvalue weighted by molar-refractivity contribution is 5.85. The van der Waals surface area contributed by atoms with Gasteiger partial charge in [0.25, 0.3) is 0 Å². The molecule has 0 saturated carbocycles. The van der Waals surface area contributed by atoms with Crippen LogP contribution in [-0.4, -0.2) is 49.2 Å². The summed E-state index contributed by atoms with van der Waals surface area (Å²) in [5, 5.41) is 12.1. The normalized spacial score (nSPS) is 16.6. The minimum Gasteiger partial charge on any atom is -0.393 e. The second kappa shape index (κ2) is 8.06. The molecule has 0 spiro atoms. The molecule has 3 N–H and O–H groups in total. The van der Waals surface area contributed by atoms with Crippen LogP contribution in [0.1, 0.15) is 30.1 Å². The van der Waals surface area contributed by atoms with Crippen molar-refractivity contribution in [3.05, 3.63) is 78.0 Å². The van der Waals surface area contributed by atoms with Gasteiger partial charge in [-0.05, 0) is 48.1 Å². The largest absolute Gasteiger partial charge is 0.393 e. The predicted molar refractivity (Wildman–Crippen MR) is 138 cm³/mol. The Kier molecular flexibility index (Phi) is 4.70. The van der Waals surface area contributed by atoms with Gasteiger partial charge in [-0.1, -0.05) is 30.3 Å². The van der Waals surface area contributed by atoms with Gasteiger partial charge in [-0.15, -0.1) is 0 Å². The summed E-state index contributed by atoms with van der Waals surface area (Å²) in [6.45, 7) is 1.77. The van der Waals surface area contributed by atoms with Crippen LogP contribution < -0.4 is 4.90 Å². The van der Waals surface area contributed by atoms with E-state index in [0.717, 1.165) is 89.3 Å². The topological polar surface area (TPSA) is 93.7 Å². The van der Waals surface area contributed by atoms with Crippen LogP contribution in [0, 0.1) is 0 Å². The Morgan fingerprint density at radius 2 is 1.77 bits per heavy atom. The number of imidazole rings is 2. The number of aliphatic hydroxyl groups excluding tert-OH is 1. The number of aromatic nitrogens is 5. The molecule has 1 saturated heterocycles. The molecule has 3 aromatic heterocycles. The molecule has 0 unspecified atom stereocenters. The number of rotatable bonds is 3. The molecule has 7 rings (SSSR count). The van der Waals surface area contributed by atoms with E-state index in [1.165, 1.54) is 11.3 Å². The summed E-state index contributed by atoms with van der Waals surface area (Å²) >= 11 is 0. The van der Waals surface area contributed by atoms with Crippen molar-refractivity contribution < 1.29 is 5.11 Å². The fourth-order valence-electron chi connectivity index (χ4n) is 5.23. The van der Waals surface area contributed by atoms with Crippen molar-refractivity contribution in [1.82, 2.24) is 24.9 Å². The third kappa shape index (κ3) is 3.68. The molecule has 1 aliphatic heterocycles. The van der Waals surface area contributed by atoms with Gasteiger partial charge in [0.2, 0.25) is 0 Å². The molecular formula is C28H26N6O. The molecular weight excluding hydrogens is 436 g/mol. The second-order valence-electron chi connectivity index (χ2n) is 9.54. The van der Waals surface area contributed by atoms with E-state index in [2.05, 4.69) is 62.3 Å². The van der Waals surface area contributed by atoms with Crippen molar-refractivity contribution in [2.24, 2.45) is 0 Å². The minimum atomic E-state index is -0.170. The minimum absolute atomic E-state index is 0.170. The zero-order chi connectivity index (χ0) is 23.4. The molecule has 1 aliphatic carbocycles. The molecule has 0 amide bonds. The molecule has 35 heavy (non-hydrogen) atoms. The number of hydrogen-bond donors (Lipinski definition) is 3. The number of hydrogen-bond acceptors (Lipinski definition) is 5. The molecule has 5 aromatic rings. The number of benzene rings is 2. The Morgan fingerprint density at radius 3 is 2.66 bits per heavy atom. The average Bonchev–Trinajstić information content (AvgIpc) is 3.52. The maximum absolute atomic E-state index is 9.81. The van der Waals surface area contributed by atoms with Gasteiger partial charge in [-0.25, -0.2) is 9.97 Å². The molecule has 0 radical (unpaired) electrons. The third-order valence-corrected chi connectivity index (χ3v) is 7.25. The predicted octanol–water partition coefficient (Wildman–Crippen LogP) is 4.64. The third-order valence-electron chi connectivity index (χ3n) is 7.25. The number of pyridine rings is 1. The van der Waals surface area contributed by atoms with Crippen molar-refractivity contribution >= 4 is 33.1 Å². The standard InChI is InChI=1S/C28H26N6O/c35-21-9-11-34(12-10-21)20-6-8-23-25(15-20)32-27(30-23)18-5-7-22-24(14-18)33-28(31-22)26-13-17-3-1-2-4-19(17)16-29-26/h1-6,8,13,15-16,21,35H,7,9-12,14H2,(H,30,32)(H,31,33). The van der Waals surface area contributed by atoms with Crippen LogP contribution in [-0.2, 0) is 12.8 Å². The van der Waals surface area contributed by atoms with Crippen molar-refractivity contribution in [3.63, 3.8) is 0 Å². The molecule has 174 valence electrons. The fourth-order valence-corrected chi connectivity index (χ4v) is 5.23. The highest BCUT2D eigenvalue weighted by Gasteiger charge is 2.21. The van der Waals surface area contributed by atoms with Crippen LogP contribution in [0.3, 0.4) is 0 Å². The first kappa shape index (κ1) is 20.4. The van der Waals surface area contributed by atoms with Gasteiger partial charge in [0.05, 0.1) is 22.8 Å². The Morgan fingerprint density at radius 1 is 0.914 bits per heavy atom. The molecule has 0 bridgehead atoms. The lowest BCUT2D eigenvalue weighted by Gasteiger charge is -2.31. The van der Waals surface area contributed by atoms with Gasteiger partial charge >= 0.3 is 0 Å². The van der Waals surface area contributed by atoms with Crippen LogP contribution in [0.2, 0.25) is 0 Å². The van der Waals surface area contributed by atoms with Gasteiger partial charge in [0, 0.05) is 48.9 Å². The molecule has 2 aliphatic rings. The number of anilines is 1. The number of nitrogens with one attached hydrogen (secondary N) is 2. The van der Waals surface area contributed by atoms with Crippen LogP contribution in [0.4, 0.5) is 5.69 Å². The van der Waals surface area contributed by atoms with Gasteiger partial charge in [0.15, 0.2) is 5.82 Å². The second-order valence-corrected chi connectivity index (χ2v) is 9.54. The zero-order valence-electron chi connectivity index (χ0n) is 19.3. The zero-order valence-corrected chi connectivity index (χ0v) is 19.3. The van der Waals surface area contributed by atoms with Crippen LogP contribution in [0.15, 0.2) is 60.8 Å². The summed E-state index contributed by atoms with van der Waals surface area (Å²) in [6.07, 6.45) is 7.14. The average molecular weight is 463 g/mol. The van der Waals surface area contributed by atoms with E-state index in [-0.39, 0.29) is 6.10 Å². The van der Waals surface area contributed by atoms with Crippen LogP contribution in [0.25, 0.3) is 38.9 Å². The van der Waals surface area contributed by atoms with Crippen molar-refractivity contribution in [2.45, 2.75) is 31.8 Å². The van der Waals surface area contributed by atoms with E-state index in [9.17, 15) is 5.11 Å². The number of fused-ring (bicyclic) bond motifs is 3. The SMILES string of the molecule is OC1CCN(c2ccc3nc(C4=CCc5nc(-c6cc7ccccc7cn6)[nH]c5C4)[nH]c3c2)CC1. The summed E-state index contributed by atoms with van der Waals surface area (Å²) in [4.78, 5) is 23.8. The lowest BCUT2D eigenvalue weighted by molar-refractivity contribution is 0.145. The number of H-pyrrole nitrogens is 2. The smallest absolute Gasteiger partial charge is 0.156 e. The molecule has 2 aromatic carbocycles. The van der Waals surface area contributed by atoms with Crippen molar-refractivity contribution in [1.29, 1.82) is 0 Å². The van der Waals surface area contributed by atoms with Crippen molar-refractivity contribution in [3.8, 4) is 11.5 Å². The summed E-state index contributed by atoms with van der Waals surface area (Å²) < 4.78 is 0. The number of aliphatic hydroxyl groups is 1. The Labute approximate surface area is 202 Å². The van der Waals surface area contributed by atoms with E-state index in [1.54, 1.807) is 0 Å². The highest BCUT2D eigenvalue weighted by atomic mass is 16.3. The number of allylic oxidation sites excluding steroid dienone is 2. The van der Waals surface area contributed by atoms with Gasteiger partial charge < -0.3 is 20.0 Å². The Bertz CT molecular complexity index is 1590. The van der Waals surface area contributed by atoms with Gasteiger partial charge in [0.1, 0.15) is 11.5 Å². The first-order valence-electron chi connectivity index (χ1n) is 12.2. The van der Waals surface area contributed by atoms with Gasteiger partial charge in [-0.3, -0.25) is 4.98 Å². The van der Waals surface area contributed by atoms with E-state index in [0.29, 0.717) is 0 Å². The molecule has 4 heterocycles. The summed E-state index contributed by atoms with van der Waals surface area (Å²) in [7, 11) is 0. The summed E-state index contributed by atoms with van der Waals surface area (Å²) in [5.41, 5.74) is 7.43. The first-order chi connectivity index (χ1) is 17.2. The van der Waals surface area contributed by atoms with Gasteiger partial charge in [-0.2, -0.15) is 0 Å². The number of nitrogens with zero attached hydrogens (tertiary/aromatic N) is 4. The van der Waals surface area contributed by atoms with E-state index < -0.39 is 0 Å². The number of aromatic amines is 2. The number of piperidine rings is 1. The maximum Gasteiger partial charge on any atom is 0.156 e. The lowest BCUT2D eigenvalue weighted by Crippen LogP contribution is -2.35. The first-order valence-corrected chi connectivity index (χ1v) is 12.2. The summed E-state index contributed by atoms with van der Waals surface area (Å²) in [5.74, 6) is 1.73. The van der Waals surface area contributed by atoms with Crippen LogP contribution in [0.5, 0.6) is 0 Å². The maximum atomic E-state index is 9.81. The molecule has 7 heteroatoms. The molecule has 1 fully saturated rings. The van der Waals surface area contributed by atoms with E-state index >= 15 is 0 Å². The Balaban J connectivity index is 1.14. The monoisotopic (exact) mass is 462 g/mol. The van der Waals surface area contributed by atoms with E-state index in [4.69, 9.17) is 9.97 Å². The fraction of sp³-hybridized carbons (Fsp3) is 0.250. The quantitative estimate of drug-likeness (QED) is 0.363. The lowest BCUT2D eigenvalue weighted by atomic mass is 10.00. The summed E-state index contributed by atoms with van der Waals surface area (Å²) in [6, 6.07) is 16.7. The molecule has 0 atom stereocenters. The van der Waals surface area contributed by atoms with E-state index in [1.807, 2.05) is 18.3 Å². The van der Waals surface area contributed by atoms with Crippen LogP contribution >= 0.6 is 0 Å².